The molecule has 2 heterocycles. The first kappa shape index (κ1) is 21.0. The van der Waals surface area contributed by atoms with Gasteiger partial charge in [-0.2, -0.15) is 10.5 Å². The number of amides is 1. The summed E-state index contributed by atoms with van der Waals surface area (Å²) < 4.78 is 1.65. The van der Waals surface area contributed by atoms with Crippen molar-refractivity contribution >= 4 is 34.0 Å². The van der Waals surface area contributed by atoms with Crippen LogP contribution in [0.2, 0.25) is 0 Å². The summed E-state index contributed by atoms with van der Waals surface area (Å²) in [4.78, 5) is 24.6. The zero-order valence-electron chi connectivity index (χ0n) is 16.9. The van der Waals surface area contributed by atoms with Crippen molar-refractivity contribution in [3.8, 4) is 17.8 Å². The number of carbonyl (C=O) groups is 1. The zero-order chi connectivity index (χ0) is 22.7. The Morgan fingerprint density at radius 2 is 2.03 bits per heavy atom. The van der Waals surface area contributed by atoms with Crippen LogP contribution in [0.15, 0.2) is 48.2 Å². The molecule has 8 nitrogen and oxygen atoms in total. The van der Waals surface area contributed by atoms with Crippen LogP contribution in [0.3, 0.4) is 0 Å². The SMILES string of the molecule is N#C/C(=C\c1cccn1-c1cccc([N+](=O)[O-])c1)C(=O)Nc1sc2c(c1C#N)CCCC2. The van der Waals surface area contributed by atoms with Crippen molar-refractivity contribution in [1.82, 2.24) is 4.57 Å². The Morgan fingerprint density at radius 3 is 2.78 bits per heavy atom. The number of non-ortho nitro benzene ring substituents is 1. The summed E-state index contributed by atoms with van der Waals surface area (Å²) in [6, 6.07) is 13.6. The third kappa shape index (κ3) is 4.02. The summed E-state index contributed by atoms with van der Waals surface area (Å²) >= 11 is 1.39. The van der Waals surface area contributed by atoms with E-state index in [0.29, 0.717) is 21.9 Å². The van der Waals surface area contributed by atoms with Crippen LogP contribution < -0.4 is 5.32 Å². The van der Waals surface area contributed by atoms with Gasteiger partial charge >= 0.3 is 0 Å². The second-order valence-electron chi connectivity index (χ2n) is 7.23. The molecule has 158 valence electrons. The summed E-state index contributed by atoms with van der Waals surface area (Å²) in [5.41, 5.74) is 2.34. The highest BCUT2D eigenvalue weighted by atomic mass is 32.1. The lowest BCUT2D eigenvalue weighted by Gasteiger charge is -2.09. The molecule has 0 radical (unpaired) electrons. The zero-order valence-corrected chi connectivity index (χ0v) is 17.7. The van der Waals surface area contributed by atoms with Crippen molar-refractivity contribution < 1.29 is 9.72 Å². The van der Waals surface area contributed by atoms with Gasteiger partial charge in [-0.1, -0.05) is 6.07 Å². The minimum Gasteiger partial charge on any atom is -0.317 e. The lowest BCUT2D eigenvalue weighted by Crippen LogP contribution is -2.13. The van der Waals surface area contributed by atoms with Crippen molar-refractivity contribution in [2.75, 3.05) is 5.32 Å². The fourth-order valence-electron chi connectivity index (χ4n) is 3.74. The quantitative estimate of drug-likeness (QED) is 0.264. The topological polar surface area (TPSA) is 125 Å². The maximum absolute atomic E-state index is 12.8. The van der Waals surface area contributed by atoms with Crippen LogP contribution in [0.25, 0.3) is 11.8 Å². The van der Waals surface area contributed by atoms with Gasteiger partial charge in [-0.15, -0.1) is 11.3 Å². The molecule has 32 heavy (non-hydrogen) atoms. The number of aromatic nitrogens is 1. The van der Waals surface area contributed by atoms with Gasteiger partial charge in [-0.3, -0.25) is 14.9 Å². The Balaban J connectivity index is 1.64. The predicted octanol–water partition coefficient (Wildman–Crippen LogP) is 4.74. The number of fused-ring (bicyclic) bond motifs is 1. The molecule has 0 bridgehead atoms. The molecule has 1 aliphatic rings. The molecule has 1 aromatic carbocycles. The molecule has 9 heteroatoms. The number of nitrogens with zero attached hydrogens (tertiary/aromatic N) is 4. The number of hydrogen-bond donors (Lipinski definition) is 1. The minimum atomic E-state index is -0.602. The Bertz CT molecular complexity index is 1340. The van der Waals surface area contributed by atoms with Gasteiger partial charge in [0.25, 0.3) is 11.6 Å². The maximum Gasteiger partial charge on any atom is 0.271 e. The van der Waals surface area contributed by atoms with Crippen LogP contribution in [-0.4, -0.2) is 15.4 Å². The molecule has 0 aliphatic heterocycles. The molecule has 0 saturated carbocycles. The first-order chi connectivity index (χ1) is 15.5. The van der Waals surface area contributed by atoms with E-state index >= 15 is 0 Å². The summed E-state index contributed by atoms with van der Waals surface area (Å²) in [5, 5.41) is 33.5. The second kappa shape index (κ2) is 8.88. The fourth-order valence-corrected chi connectivity index (χ4v) is 4.98. The number of rotatable bonds is 5. The standard InChI is InChI=1S/C23H17N5O3S/c24-13-15(22(29)26-23-20(14-25)19-8-1-2-9-21(19)32-23)11-16-7-4-10-27(16)17-5-3-6-18(12-17)28(30)31/h3-7,10-12H,1-2,8-9H2,(H,26,29)/b15-11+. The van der Waals surface area contributed by atoms with Crippen molar-refractivity contribution in [2.45, 2.75) is 25.7 Å². The van der Waals surface area contributed by atoms with Gasteiger partial charge < -0.3 is 9.88 Å². The van der Waals surface area contributed by atoms with Crippen molar-refractivity contribution in [1.29, 1.82) is 10.5 Å². The molecule has 1 aliphatic carbocycles. The molecule has 0 atom stereocenters. The number of aryl methyl sites for hydroxylation is 1. The van der Waals surface area contributed by atoms with Gasteiger partial charge in [0.05, 0.1) is 16.2 Å². The van der Waals surface area contributed by atoms with Gasteiger partial charge in [-0.25, -0.2) is 0 Å². The predicted molar refractivity (Wildman–Crippen MR) is 120 cm³/mol. The highest BCUT2D eigenvalue weighted by Crippen LogP contribution is 2.37. The molecule has 1 N–H and O–H groups in total. The van der Waals surface area contributed by atoms with E-state index in [2.05, 4.69) is 11.4 Å². The Morgan fingerprint density at radius 1 is 1.22 bits per heavy atom. The lowest BCUT2D eigenvalue weighted by molar-refractivity contribution is -0.384. The minimum absolute atomic E-state index is 0.0601. The molecule has 3 aromatic rings. The molecular weight excluding hydrogens is 426 g/mol. The normalized spacial score (nSPS) is 13.0. The van der Waals surface area contributed by atoms with Crippen LogP contribution >= 0.6 is 11.3 Å². The number of carbonyl (C=O) groups excluding carboxylic acids is 1. The maximum atomic E-state index is 12.8. The van der Waals surface area contributed by atoms with Gasteiger partial charge in [0, 0.05) is 28.9 Å². The van der Waals surface area contributed by atoms with E-state index in [1.165, 1.54) is 29.5 Å². The van der Waals surface area contributed by atoms with Crippen molar-refractivity contribution in [2.24, 2.45) is 0 Å². The van der Waals surface area contributed by atoms with E-state index in [4.69, 9.17) is 0 Å². The van der Waals surface area contributed by atoms with E-state index in [-0.39, 0.29) is 11.3 Å². The molecular formula is C23H17N5O3S. The van der Waals surface area contributed by atoms with E-state index < -0.39 is 10.8 Å². The molecule has 0 unspecified atom stereocenters. The van der Waals surface area contributed by atoms with E-state index in [1.807, 2.05) is 6.07 Å². The second-order valence-corrected chi connectivity index (χ2v) is 8.34. The summed E-state index contributed by atoms with van der Waals surface area (Å²) in [6.07, 6.45) is 6.91. The Kier molecular flexibility index (Phi) is 5.84. The lowest BCUT2D eigenvalue weighted by atomic mass is 9.96. The number of nitriles is 2. The summed E-state index contributed by atoms with van der Waals surface area (Å²) in [7, 11) is 0. The molecule has 0 saturated heterocycles. The number of thiophene rings is 1. The average molecular weight is 443 g/mol. The van der Waals surface area contributed by atoms with Crippen LogP contribution in [0.4, 0.5) is 10.7 Å². The number of benzene rings is 1. The summed E-state index contributed by atoms with van der Waals surface area (Å²) in [5.74, 6) is -0.602. The van der Waals surface area contributed by atoms with Gasteiger partial charge in [0.1, 0.15) is 22.7 Å². The van der Waals surface area contributed by atoms with E-state index in [9.17, 15) is 25.4 Å². The van der Waals surface area contributed by atoms with Crippen molar-refractivity contribution in [3.05, 3.63) is 80.0 Å². The third-order valence-corrected chi connectivity index (χ3v) is 6.47. The van der Waals surface area contributed by atoms with Crippen LogP contribution in [0.5, 0.6) is 0 Å². The van der Waals surface area contributed by atoms with Crippen LogP contribution in [0.1, 0.15) is 34.5 Å². The Labute approximate surface area is 187 Å². The smallest absolute Gasteiger partial charge is 0.271 e. The van der Waals surface area contributed by atoms with E-state index in [0.717, 1.165) is 36.1 Å². The fraction of sp³-hybridized carbons (Fsp3) is 0.174. The highest BCUT2D eigenvalue weighted by Gasteiger charge is 2.23. The number of nitro groups is 1. The number of hydrogen-bond acceptors (Lipinski definition) is 6. The van der Waals surface area contributed by atoms with Crippen LogP contribution in [0, 0.1) is 32.8 Å². The summed E-state index contributed by atoms with van der Waals surface area (Å²) in [6.45, 7) is 0. The van der Waals surface area contributed by atoms with Gasteiger partial charge in [0.2, 0.25) is 0 Å². The van der Waals surface area contributed by atoms with Crippen LogP contribution in [-0.2, 0) is 17.6 Å². The molecule has 0 fully saturated rings. The first-order valence-corrected chi connectivity index (χ1v) is 10.7. The average Bonchev–Trinajstić information content (AvgIpc) is 3.41. The molecule has 1 amide bonds. The molecule has 4 rings (SSSR count). The number of anilines is 1. The Hall–Kier alpha value is -4.21. The van der Waals surface area contributed by atoms with Gasteiger partial charge in [-0.05, 0) is 55.5 Å². The molecule has 0 spiro atoms. The van der Waals surface area contributed by atoms with Crippen molar-refractivity contribution in [3.63, 3.8) is 0 Å². The number of nitrogens with one attached hydrogen (secondary N) is 1. The monoisotopic (exact) mass is 443 g/mol. The third-order valence-electron chi connectivity index (χ3n) is 5.27. The highest BCUT2D eigenvalue weighted by molar-refractivity contribution is 7.16. The number of nitro benzene ring substituents is 1. The molecule has 2 aromatic heterocycles. The largest absolute Gasteiger partial charge is 0.317 e. The van der Waals surface area contributed by atoms with E-state index in [1.54, 1.807) is 35.0 Å². The first-order valence-electron chi connectivity index (χ1n) is 9.91. The van der Waals surface area contributed by atoms with Gasteiger partial charge in [0.15, 0.2) is 0 Å².